The molecule has 0 aliphatic heterocycles. The quantitative estimate of drug-likeness (QED) is 0.225. The van der Waals surface area contributed by atoms with Crippen LogP contribution in [0.4, 0.5) is 5.69 Å². The average molecular weight is 663 g/mol. The average Bonchev–Trinajstić information content (AvgIpc) is 2.94. The van der Waals surface area contributed by atoms with Crippen molar-refractivity contribution >= 4 is 55.1 Å². The molecule has 41 heavy (non-hydrogen) atoms. The molecule has 10 heteroatoms. The Balaban J connectivity index is 1.88. The SMILES string of the molecule is CCCNC(=O)C(Cc1ccccc1)N(Cc1ccc(Br)cc1)C(=O)CCCN(c1cc(Cl)ccc1C)S(C)(=O)=O. The maximum atomic E-state index is 13.9. The Morgan fingerprint density at radius 1 is 1.00 bits per heavy atom. The third-order valence-electron chi connectivity index (χ3n) is 6.68. The zero-order valence-corrected chi connectivity index (χ0v) is 26.8. The second-order valence-electron chi connectivity index (χ2n) is 10.0. The molecule has 1 unspecified atom stereocenters. The van der Waals surface area contributed by atoms with Gasteiger partial charge in [-0.1, -0.05) is 83.0 Å². The molecule has 1 N–H and O–H groups in total. The number of amides is 2. The molecule has 0 aliphatic carbocycles. The van der Waals surface area contributed by atoms with E-state index >= 15 is 0 Å². The van der Waals surface area contributed by atoms with Crippen molar-refractivity contribution in [1.82, 2.24) is 10.2 Å². The molecular formula is C31H37BrClN3O4S. The Morgan fingerprint density at radius 3 is 2.32 bits per heavy atom. The summed E-state index contributed by atoms with van der Waals surface area (Å²) < 4.78 is 27.6. The molecule has 0 spiro atoms. The zero-order chi connectivity index (χ0) is 30.0. The maximum Gasteiger partial charge on any atom is 0.243 e. The van der Waals surface area contributed by atoms with E-state index in [4.69, 9.17) is 11.6 Å². The highest BCUT2D eigenvalue weighted by molar-refractivity contribution is 9.10. The van der Waals surface area contributed by atoms with Gasteiger partial charge in [-0.2, -0.15) is 0 Å². The molecule has 3 aromatic carbocycles. The smallest absolute Gasteiger partial charge is 0.243 e. The molecule has 0 radical (unpaired) electrons. The van der Waals surface area contributed by atoms with Crippen LogP contribution >= 0.6 is 27.5 Å². The van der Waals surface area contributed by atoms with Crippen LogP contribution in [0.1, 0.15) is 42.9 Å². The van der Waals surface area contributed by atoms with Gasteiger partial charge in [0.05, 0.1) is 11.9 Å². The molecule has 0 aliphatic rings. The summed E-state index contributed by atoms with van der Waals surface area (Å²) in [5.41, 5.74) is 3.08. The molecule has 0 fully saturated rings. The molecule has 0 bridgehead atoms. The fourth-order valence-corrected chi connectivity index (χ4v) is 5.99. The molecule has 220 valence electrons. The van der Waals surface area contributed by atoms with E-state index in [1.807, 2.05) is 68.4 Å². The lowest BCUT2D eigenvalue weighted by Gasteiger charge is -2.32. The van der Waals surface area contributed by atoms with Gasteiger partial charge in [0.15, 0.2) is 0 Å². The van der Waals surface area contributed by atoms with Crippen molar-refractivity contribution in [1.29, 1.82) is 0 Å². The van der Waals surface area contributed by atoms with Crippen LogP contribution in [0.3, 0.4) is 0 Å². The Bertz CT molecular complexity index is 1420. The summed E-state index contributed by atoms with van der Waals surface area (Å²) in [7, 11) is -3.63. The van der Waals surface area contributed by atoms with Crippen LogP contribution in [-0.4, -0.2) is 50.5 Å². The van der Waals surface area contributed by atoms with Crippen LogP contribution in [0.2, 0.25) is 5.02 Å². The molecule has 7 nitrogen and oxygen atoms in total. The van der Waals surface area contributed by atoms with Crippen LogP contribution in [0.25, 0.3) is 0 Å². The van der Waals surface area contributed by atoms with Gasteiger partial charge >= 0.3 is 0 Å². The third kappa shape index (κ3) is 9.87. The van der Waals surface area contributed by atoms with Gasteiger partial charge in [-0.05, 0) is 60.7 Å². The van der Waals surface area contributed by atoms with E-state index in [2.05, 4.69) is 21.2 Å². The number of halogens is 2. The van der Waals surface area contributed by atoms with E-state index in [1.54, 1.807) is 23.1 Å². The minimum Gasteiger partial charge on any atom is -0.354 e. The Kier molecular flexibility index (Phi) is 12.2. The number of sulfonamides is 1. The van der Waals surface area contributed by atoms with E-state index in [1.165, 1.54) is 4.31 Å². The van der Waals surface area contributed by atoms with Gasteiger partial charge in [0.25, 0.3) is 0 Å². The van der Waals surface area contributed by atoms with Gasteiger partial charge in [-0.3, -0.25) is 13.9 Å². The second kappa shape index (κ2) is 15.4. The summed E-state index contributed by atoms with van der Waals surface area (Å²) in [6, 6.07) is 21.6. The molecule has 0 aromatic heterocycles. The number of nitrogens with zero attached hydrogens (tertiary/aromatic N) is 2. The normalized spacial score (nSPS) is 12.0. The molecule has 0 saturated carbocycles. The molecular weight excluding hydrogens is 626 g/mol. The van der Waals surface area contributed by atoms with Gasteiger partial charge in [-0.25, -0.2) is 8.42 Å². The number of nitrogens with one attached hydrogen (secondary N) is 1. The molecule has 3 rings (SSSR count). The number of rotatable bonds is 14. The fourth-order valence-electron chi connectivity index (χ4n) is 4.54. The van der Waals surface area contributed by atoms with Crippen molar-refractivity contribution < 1.29 is 18.0 Å². The molecule has 1 atom stereocenters. The summed E-state index contributed by atoms with van der Waals surface area (Å²) in [6.45, 7) is 4.65. The number of carbonyl (C=O) groups is 2. The monoisotopic (exact) mass is 661 g/mol. The molecule has 3 aromatic rings. The topological polar surface area (TPSA) is 86.8 Å². The Labute approximate surface area is 257 Å². The van der Waals surface area contributed by atoms with Crippen LogP contribution < -0.4 is 9.62 Å². The second-order valence-corrected chi connectivity index (χ2v) is 13.3. The number of benzene rings is 3. The van der Waals surface area contributed by atoms with E-state index < -0.39 is 16.1 Å². The largest absolute Gasteiger partial charge is 0.354 e. The summed E-state index contributed by atoms with van der Waals surface area (Å²) in [5.74, 6) is -0.440. The van der Waals surface area contributed by atoms with Crippen molar-refractivity contribution in [3.8, 4) is 0 Å². The van der Waals surface area contributed by atoms with Crippen molar-refractivity contribution in [2.45, 2.75) is 52.1 Å². The van der Waals surface area contributed by atoms with Gasteiger partial charge in [-0.15, -0.1) is 0 Å². The van der Waals surface area contributed by atoms with Crippen LogP contribution in [0.15, 0.2) is 77.3 Å². The van der Waals surface area contributed by atoms with E-state index in [9.17, 15) is 18.0 Å². The van der Waals surface area contributed by atoms with Gasteiger partial charge in [0.2, 0.25) is 21.8 Å². The maximum absolute atomic E-state index is 13.9. The number of anilines is 1. The lowest BCUT2D eigenvalue weighted by Crippen LogP contribution is -2.50. The van der Waals surface area contributed by atoms with Crippen molar-refractivity contribution in [2.75, 3.05) is 23.7 Å². The van der Waals surface area contributed by atoms with E-state index in [0.717, 1.165) is 33.8 Å². The third-order valence-corrected chi connectivity index (χ3v) is 8.62. The predicted molar refractivity (Wildman–Crippen MR) is 170 cm³/mol. The standard InChI is InChI=1S/C31H37BrClN3O4S/c1-4-18-34-31(38)29(20-24-9-6-5-7-10-24)35(22-25-13-15-26(32)16-14-25)30(37)11-8-19-36(41(3,39)40)28-21-27(33)17-12-23(28)2/h5-7,9-10,12-17,21,29H,4,8,11,18-20,22H2,1-3H3,(H,34,38). The highest BCUT2D eigenvalue weighted by Gasteiger charge is 2.30. The predicted octanol–water partition coefficient (Wildman–Crippen LogP) is 6.12. The lowest BCUT2D eigenvalue weighted by atomic mass is 10.0. The minimum absolute atomic E-state index is 0.0640. The molecule has 2 amide bonds. The van der Waals surface area contributed by atoms with Crippen LogP contribution in [-0.2, 0) is 32.6 Å². The summed E-state index contributed by atoms with van der Waals surface area (Å²) in [5, 5.41) is 3.40. The number of hydrogen-bond acceptors (Lipinski definition) is 4. The molecule has 0 saturated heterocycles. The van der Waals surface area contributed by atoms with Crippen LogP contribution in [0.5, 0.6) is 0 Å². The Morgan fingerprint density at radius 2 is 1.68 bits per heavy atom. The van der Waals surface area contributed by atoms with E-state index in [0.29, 0.717) is 23.7 Å². The number of hydrogen-bond donors (Lipinski definition) is 1. The van der Waals surface area contributed by atoms with Gasteiger partial charge in [0, 0.05) is 42.0 Å². The Hall–Kier alpha value is -2.88. The number of aryl methyl sites for hydroxylation is 1. The van der Waals surface area contributed by atoms with Gasteiger partial charge < -0.3 is 10.2 Å². The van der Waals surface area contributed by atoms with E-state index in [-0.39, 0.29) is 37.7 Å². The highest BCUT2D eigenvalue weighted by atomic mass is 79.9. The zero-order valence-electron chi connectivity index (χ0n) is 23.6. The van der Waals surface area contributed by atoms with Crippen molar-refractivity contribution in [3.63, 3.8) is 0 Å². The summed E-state index contributed by atoms with van der Waals surface area (Å²) in [6.07, 6.45) is 2.60. The van der Waals surface area contributed by atoms with Gasteiger partial charge in [0.1, 0.15) is 6.04 Å². The first-order valence-corrected chi connectivity index (χ1v) is 16.6. The van der Waals surface area contributed by atoms with Crippen molar-refractivity contribution in [3.05, 3.63) is 99.0 Å². The van der Waals surface area contributed by atoms with Crippen LogP contribution in [0, 0.1) is 6.92 Å². The number of carbonyl (C=O) groups excluding carboxylic acids is 2. The minimum atomic E-state index is -3.63. The lowest BCUT2D eigenvalue weighted by molar-refractivity contribution is -0.141. The summed E-state index contributed by atoms with van der Waals surface area (Å²) in [4.78, 5) is 28.9. The summed E-state index contributed by atoms with van der Waals surface area (Å²) >= 11 is 9.62. The first-order chi connectivity index (χ1) is 19.5. The molecule has 0 heterocycles. The fraction of sp³-hybridized carbons (Fsp3) is 0.355. The van der Waals surface area contributed by atoms with Crippen molar-refractivity contribution in [2.24, 2.45) is 0 Å². The first kappa shape index (κ1) is 32.6. The first-order valence-electron chi connectivity index (χ1n) is 13.6. The highest BCUT2D eigenvalue weighted by Crippen LogP contribution is 2.27.